The van der Waals surface area contributed by atoms with E-state index in [9.17, 15) is 14.7 Å². The molecule has 0 radical (unpaired) electrons. The molecular weight excluding hydrogens is 412 g/mol. The monoisotopic (exact) mass is 438 g/mol. The Labute approximate surface area is 185 Å². The summed E-state index contributed by atoms with van der Waals surface area (Å²) in [5.41, 5.74) is 2.16. The molecule has 0 saturated carbocycles. The van der Waals surface area contributed by atoms with Crippen LogP contribution in [0.15, 0.2) is 30.3 Å². The van der Waals surface area contributed by atoms with Crippen LogP contribution < -0.4 is 10.2 Å². The molecule has 10 nitrogen and oxygen atoms in total. The summed E-state index contributed by atoms with van der Waals surface area (Å²) in [6, 6.07) is 9.11. The van der Waals surface area contributed by atoms with Gasteiger partial charge in [-0.05, 0) is 31.0 Å². The minimum atomic E-state index is -0.914. The van der Waals surface area contributed by atoms with Gasteiger partial charge in [-0.15, -0.1) is 10.2 Å². The molecule has 168 valence electrons. The van der Waals surface area contributed by atoms with Crippen LogP contribution in [0.25, 0.3) is 11.3 Å². The lowest BCUT2D eigenvalue weighted by atomic mass is 9.94. The SMILES string of the molecule is O=C(O)N1CCC(C(=O)N2CCN3c4cc(-c5ccccc5O)nnc4NC[C@H]3C2)CC1. The average Bonchev–Trinajstić information content (AvgIpc) is 2.83. The van der Waals surface area contributed by atoms with Crippen molar-refractivity contribution in [2.45, 2.75) is 18.9 Å². The van der Waals surface area contributed by atoms with E-state index >= 15 is 0 Å². The van der Waals surface area contributed by atoms with Gasteiger partial charge in [0.25, 0.3) is 0 Å². The van der Waals surface area contributed by atoms with E-state index in [0.29, 0.717) is 69.2 Å². The fourth-order valence-corrected chi connectivity index (χ4v) is 4.89. The highest BCUT2D eigenvalue weighted by Gasteiger charge is 2.37. The number of fused-ring (bicyclic) bond motifs is 3. The summed E-state index contributed by atoms with van der Waals surface area (Å²) in [5, 5.41) is 31.2. The van der Waals surface area contributed by atoms with Crippen LogP contribution in [-0.4, -0.2) is 87.5 Å². The Morgan fingerprint density at radius 2 is 1.81 bits per heavy atom. The molecule has 3 N–H and O–H groups in total. The normalized spacial score (nSPS) is 20.9. The van der Waals surface area contributed by atoms with Crippen LogP contribution >= 0.6 is 0 Å². The topological polar surface area (TPSA) is 122 Å². The molecular formula is C22H26N6O4. The molecule has 1 aromatic heterocycles. The molecule has 2 saturated heterocycles. The average molecular weight is 438 g/mol. The van der Waals surface area contributed by atoms with Crippen molar-refractivity contribution >= 4 is 23.5 Å². The number of hydrogen-bond acceptors (Lipinski definition) is 7. The van der Waals surface area contributed by atoms with Crippen molar-refractivity contribution in [2.75, 3.05) is 49.5 Å². The van der Waals surface area contributed by atoms with Crippen LogP contribution in [0.2, 0.25) is 0 Å². The molecule has 2 fully saturated rings. The first kappa shape index (κ1) is 20.3. The van der Waals surface area contributed by atoms with Gasteiger partial charge in [0, 0.05) is 50.7 Å². The number of rotatable bonds is 2. The van der Waals surface area contributed by atoms with E-state index in [1.54, 1.807) is 12.1 Å². The van der Waals surface area contributed by atoms with E-state index in [1.807, 2.05) is 23.1 Å². The number of aromatic nitrogens is 2. The van der Waals surface area contributed by atoms with Gasteiger partial charge in [0.1, 0.15) is 5.75 Å². The zero-order valence-electron chi connectivity index (χ0n) is 17.6. The zero-order valence-corrected chi connectivity index (χ0v) is 17.6. The van der Waals surface area contributed by atoms with E-state index in [1.165, 1.54) is 4.90 Å². The third-order valence-corrected chi connectivity index (χ3v) is 6.68. The van der Waals surface area contributed by atoms with E-state index in [-0.39, 0.29) is 23.6 Å². The number of anilines is 2. The Bertz CT molecular complexity index is 1040. The number of aromatic hydroxyl groups is 1. The number of carbonyl (C=O) groups excluding carboxylic acids is 1. The summed E-state index contributed by atoms with van der Waals surface area (Å²) >= 11 is 0. The lowest BCUT2D eigenvalue weighted by molar-refractivity contribution is -0.137. The highest BCUT2D eigenvalue weighted by atomic mass is 16.4. The quantitative estimate of drug-likeness (QED) is 0.647. The number of carbonyl (C=O) groups is 2. The maximum absolute atomic E-state index is 13.1. The lowest BCUT2D eigenvalue weighted by Gasteiger charge is -2.46. The van der Waals surface area contributed by atoms with Crippen LogP contribution in [-0.2, 0) is 4.79 Å². The number of phenolic OH excluding ortho intramolecular Hbond substituents is 1. The first-order valence-corrected chi connectivity index (χ1v) is 10.9. The summed E-state index contributed by atoms with van der Waals surface area (Å²) in [5.74, 6) is 0.885. The molecule has 32 heavy (non-hydrogen) atoms. The number of carboxylic acid groups (broad SMARTS) is 1. The highest BCUT2D eigenvalue weighted by molar-refractivity contribution is 5.81. The van der Waals surface area contributed by atoms with Crippen molar-refractivity contribution in [2.24, 2.45) is 5.92 Å². The predicted molar refractivity (Wildman–Crippen MR) is 118 cm³/mol. The number of nitrogens with one attached hydrogen (secondary N) is 1. The number of amides is 2. The van der Waals surface area contributed by atoms with Gasteiger partial charge in [0.2, 0.25) is 5.91 Å². The van der Waals surface area contributed by atoms with E-state index in [4.69, 9.17) is 5.11 Å². The van der Waals surface area contributed by atoms with Gasteiger partial charge in [0.05, 0.1) is 17.4 Å². The molecule has 1 atom stereocenters. The Morgan fingerprint density at radius 1 is 1.03 bits per heavy atom. The fraction of sp³-hybridized carbons (Fsp3) is 0.455. The fourth-order valence-electron chi connectivity index (χ4n) is 4.89. The van der Waals surface area contributed by atoms with Crippen molar-refractivity contribution in [3.05, 3.63) is 30.3 Å². The smallest absolute Gasteiger partial charge is 0.407 e. The summed E-state index contributed by atoms with van der Waals surface area (Å²) in [7, 11) is 0. The summed E-state index contributed by atoms with van der Waals surface area (Å²) in [4.78, 5) is 29.8. The largest absolute Gasteiger partial charge is 0.507 e. The second-order valence-corrected chi connectivity index (χ2v) is 8.54. The molecule has 3 aliphatic heterocycles. The first-order chi connectivity index (χ1) is 15.5. The Hall–Kier alpha value is -3.56. The molecule has 3 aliphatic rings. The zero-order chi connectivity index (χ0) is 22.2. The second-order valence-electron chi connectivity index (χ2n) is 8.54. The minimum absolute atomic E-state index is 0.112. The highest BCUT2D eigenvalue weighted by Crippen LogP contribution is 2.36. The number of piperidine rings is 1. The molecule has 1 aromatic carbocycles. The van der Waals surface area contributed by atoms with Gasteiger partial charge in [0.15, 0.2) is 5.82 Å². The predicted octanol–water partition coefficient (Wildman–Crippen LogP) is 1.68. The molecule has 5 rings (SSSR count). The number of phenols is 1. The van der Waals surface area contributed by atoms with Crippen molar-refractivity contribution in [1.82, 2.24) is 20.0 Å². The molecule has 2 amide bonds. The lowest BCUT2D eigenvalue weighted by Crippen LogP contribution is -2.60. The number of piperazine rings is 1. The van der Waals surface area contributed by atoms with Gasteiger partial charge in [-0.2, -0.15) is 0 Å². The molecule has 0 spiro atoms. The van der Waals surface area contributed by atoms with Crippen LogP contribution in [0.3, 0.4) is 0 Å². The van der Waals surface area contributed by atoms with E-state index in [2.05, 4.69) is 20.4 Å². The van der Waals surface area contributed by atoms with Gasteiger partial charge >= 0.3 is 6.09 Å². The summed E-state index contributed by atoms with van der Waals surface area (Å²) in [6.45, 7) is 3.40. The van der Waals surface area contributed by atoms with Gasteiger partial charge < -0.3 is 30.2 Å². The summed E-state index contributed by atoms with van der Waals surface area (Å²) < 4.78 is 0. The standard InChI is InChI=1S/C22H26N6O4/c29-19-4-2-1-3-16(19)17-11-18-20(25-24-17)23-12-15-13-27(9-10-28(15)18)21(30)14-5-7-26(8-6-14)22(31)32/h1-4,11,14-15,29H,5-10,12-13H2,(H,23,25)(H,31,32)/t15-/m0/s1. The number of para-hydroxylation sites is 1. The Morgan fingerprint density at radius 3 is 2.56 bits per heavy atom. The third-order valence-electron chi connectivity index (χ3n) is 6.68. The number of nitrogens with zero attached hydrogens (tertiary/aromatic N) is 5. The van der Waals surface area contributed by atoms with Gasteiger partial charge in [-0.1, -0.05) is 12.1 Å². The van der Waals surface area contributed by atoms with E-state index in [0.717, 1.165) is 5.69 Å². The molecule has 2 aromatic rings. The molecule has 0 bridgehead atoms. The van der Waals surface area contributed by atoms with Crippen LogP contribution in [0.4, 0.5) is 16.3 Å². The molecule has 4 heterocycles. The summed E-state index contributed by atoms with van der Waals surface area (Å²) in [6.07, 6.45) is 0.246. The van der Waals surface area contributed by atoms with Crippen LogP contribution in [0.5, 0.6) is 5.75 Å². The van der Waals surface area contributed by atoms with Crippen LogP contribution in [0.1, 0.15) is 12.8 Å². The maximum atomic E-state index is 13.1. The number of likely N-dealkylation sites (tertiary alicyclic amines) is 1. The third kappa shape index (κ3) is 3.65. The first-order valence-electron chi connectivity index (χ1n) is 10.9. The molecule has 0 aliphatic carbocycles. The molecule has 10 heteroatoms. The van der Waals surface area contributed by atoms with Gasteiger partial charge in [-0.3, -0.25) is 4.79 Å². The van der Waals surface area contributed by atoms with Gasteiger partial charge in [-0.25, -0.2) is 4.79 Å². The Kier molecular flexibility index (Phi) is 5.20. The number of benzene rings is 1. The second kappa shape index (κ2) is 8.18. The minimum Gasteiger partial charge on any atom is -0.507 e. The van der Waals surface area contributed by atoms with Crippen molar-refractivity contribution < 1.29 is 19.8 Å². The Balaban J connectivity index is 1.29. The van der Waals surface area contributed by atoms with Crippen molar-refractivity contribution in [3.63, 3.8) is 0 Å². The maximum Gasteiger partial charge on any atom is 0.407 e. The van der Waals surface area contributed by atoms with Crippen molar-refractivity contribution in [3.8, 4) is 17.0 Å². The molecule has 0 unspecified atom stereocenters. The van der Waals surface area contributed by atoms with Crippen LogP contribution in [0, 0.1) is 5.92 Å². The number of hydrogen-bond donors (Lipinski definition) is 3. The van der Waals surface area contributed by atoms with Crippen molar-refractivity contribution in [1.29, 1.82) is 0 Å². The van der Waals surface area contributed by atoms with E-state index < -0.39 is 6.09 Å².